The number of benzene rings is 3. The minimum absolute atomic E-state index is 0.0405. The van der Waals surface area contributed by atoms with Crippen LogP contribution in [0.5, 0.6) is 0 Å². The molecule has 2 amide bonds. The minimum atomic E-state index is -5.09. The van der Waals surface area contributed by atoms with Crippen LogP contribution in [0.4, 0.5) is 31.5 Å². The molecule has 1 saturated carbocycles. The molecule has 0 radical (unpaired) electrons. The maximum absolute atomic E-state index is 13.8. The summed E-state index contributed by atoms with van der Waals surface area (Å²) in [6.07, 6.45) is -4.67. The highest BCUT2D eigenvalue weighted by Gasteiger charge is 2.39. The number of alkyl halides is 6. The second kappa shape index (κ2) is 14.3. The topological polar surface area (TPSA) is 108 Å². The summed E-state index contributed by atoms with van der Waals surface area (Å²) < 4.78 is 80.9. The van der Waals surface area contributed by atoms with Crippen LogP contribution in [0.15, 0.2) is 60.7 Å². The molecule has 1 atom stereocenters. The Morgan fingerprint density at radius 2 is 1.56 bits per heavy atom. The van der Waals surface area contributed by atoms with Crippen LogP contribution in [0.2, 0.25) is 0 Å². The molecule has 14 heteroatoms. The SMILES string of the molecule is O=C(O)CCNC(=O)c1ccc(CC(C(=O)Nc2nc3cc(C(F)(F)F)cc(C(F)(F)F)c3s2)c2ccc(C3CCCCC3)cc2)cc1. The zero-order valence-electron chi connectivity index (χ0n) is 25.4. The summed E-state index contributed by atoms with van der Waals surface area (Å²) in [5.74, 6) is -2.63. The van der Waals surface area contributed by atoms with Gasteiger partial charge in [0.25, 0.3) is 5.91 Å². The maximum atomic E-state index is 13.8. The van der Waals surface area contributed by atoms with Crippen LogP contribution < -0.4 is 10.6 Å². The van der Waals surface area contributed by atoms with Gasteiger partial charge in [-0.3, -0.25) is 14.4 Å². The van der Waals surface area contributed by atoms with Crippen LogP contribution in [0.1, 0.15) is 88.5 Å². The molecule has 0 bridgehead atoms. The molecule has 1 fully saturated rings. The molecule has 3 aromatic carbocycles. The van der Waals surface area contributed by atoms with E-state index in [1.807, 2.05) is 24.3 Å². The number of carbonyl (C=O) groups excluding carboxylic acids is 2. The summed E-state index contributed by atoms with van der Waals surface area (Å²) in [5, 5.41) is 13.5. The third-order valence-electron chi connectivity index (χ3n) is 8.37. The number of carbonyl (C=O) groups is 3. The molecular weight excluding hydrogens is 660 g/mol. The number of amides is 2. The summed E-state index contributed by atoms with van der Waals surface area (Å²) in [4.78, 5) is 40.8. The van der Waals surface area contributed by atoms with Gasteiger partial charge >= 0.3 is 18.3 Å². The van der Waals surface area contributed by atoms with Gasteiger partial charge in [0, 0.05) is 12.1 Å². The van der Waals surface area contributed by atoms with Gasteiger partial charge in [-0.15, -0.1) is 0 Å². The maximum Gasteiger partial charge on any atom is 0.417 e. The Morgan fingerprint density at radius 1 is 0.896 bits per heavy atom. The second-order valence-electron chi connectivity index (χ2n) is 11.7. The van der Waals surface area contributed by atoms with E-state index in [0.29, 0.717) is 34.4 Å². The molecule has 4 aromatic rings. The number of nitrogens with one attached hydrogen (secondary N) is 2. The highest BCUT2D eigenvalue weighted by Crippen LogP contribution is 2.43. The molecule has 254 valence electrons. The van der Waals surface area contributed by atoms with E-state index < -0.39 is 57.4 Å². The summed E-state index contributed by atoms with van der Waals surface area (Å²) in [6.45, 7) is -0.0528. The molecule has 48 heavy (non-hydrogen) atoms. The number of carboxylic acid groups (broad SMARTS) is 1. The first kappa shape index (κ1) is 34.9. The lowest BCUT2D eigenvalue weighted by Gasteiger charge is -2.23. The van der Waals surface area contributed by atoms with Gasteiger partial charge in [-0.25, -0.2) is 4.98 Å². The van der Waals surface area contributed by atoms with Gasteiger partial charge in [0.15, 0.2) is 5.13 Å². The van der Waals surface area contributed by atoms with E-state index in [0.717, 1.165) is 31.2 Å². The summed E-state index contributed by atoms with van der Waals surface area (Å²) >= 11 is 0.440. The van der Waals surface area contributed by atoms with E-state index in [1.165, 1.54) is 18.6 Å². The number of nitrogens with zero attached hydrogens (tertiary/aromatic N) is 1. The number of hydrogen-bond donors (Lipinski definition) is 3. The van der Waals surface area contributed by atoms with Gasteiger partial charge in [0.05, 0.1) is 33.7 Å². The zero-order chi connectivity index (χ0) is 34.6. The fourth-order valence-corrected chi connectivity index (χ4v) is 6.85. The van der Waals surface area contributed by atoms with Crippen molar-refractivity contribution in [3.05, 3.63) is 94.0 Å². The summed E-state index contributed by atoms with van der Waals surface area (Å²) in [6, 6.07) is 14.5. The Balaban J connectivity index is 1.42. The van der Waals surface area contributed by atoms with Crippen LogP contribution in [0.25, 0.3) is 10.2 Å². The van der Waals surface area contributed by atoms with Crippen molar-refractivity contribution in [2.24, 2.45) is 0 Å². The molecule has 0 aliphatic heterocycles. The number of thiazole rings is 1. The van der Waals surface area contributed by atoms with Crippen molar-refractivity contribution in [1.29, 1.82) is 0 Å². The minimum Gasteiger partial charge on any atom is -0.481 e. The molecule has 3 N–H and O–H groups in total. The highest BCUT2D eigenvalue weighted by atomic mass is 32.1. The van der Waals surface area contributed by atoms with E-state index in [4.69, 9.17) is 5.11 Å². The first-order valence-corrected chi connectivity index (χ1v) is 16.1. The second-order valence-corrected chi connectivity index (χ2v) is 12.7. The third-order valence-corrected chi connectivity index (χ3v) is 9.39. The van der Waals surface area contributed by atoms with E-state index in [9.17, 15) is 40.7 Å². The Morgan fingerprint density at radius 3 is 2.17 bits per heavy atom. The van der Waals surface area contributed by atoms with Crippen molar-refractivity contribution in [3.63, 3.8) is 0 Å². The van der Waals surface area contributed by atoms with Gasteiger partial charge in [-0.1, -0.05) is 67.0 Å². The molecule has 5 rings (SSSR count). The van der Waals surface area contributed by atoms with Gasteiger partial charge < -0.3 is 15.7 Å². The van der Waals surface area contributed by atoms with Crippen molar-refractivity contribution < 1.29 is 45.8 Å². The molecule has 7 nitrogen and oxygen atoms in total. The molecular formula is C34H31F6N3O4S. The number of fused-ring (bicyclic) bond motifs is 1. The number of aromatic nitrogens is 1. The average molecular weight is 692 g/mol. The standard InChI is InChI=1S/C34H31F6N3O4S/c35-33(36,37)24-17-26(34(38,39)40)29-27(18-24)42-32(48-29)43-31(47)25(22-12-10-21(11-13-22)20-4-2-1-3-5-20)16-19-6-8-23(9-7-19)30(46)41-15-14-28(44)45/h6-13,17-18,20,25H,1-5,14-16H2,(H,41,46)(H,44,45)(H,42,43,47). The normalized spacial score (nSPS) is 14.9. The van der Waals surface area contributed by atoms with Crippen molar-refractivity contribution in [2.75, 3.05) is 11.9 Å². The van der Waals surface area contributed by atoms with Gasteiger partial charge in [0.1, 0.15) is 0 Å². The predicted octanol–water partition coefficient (Wildman–Crippen LogP) is 8.55. The first-order valence-electron chi connectivity index (χ1n) is 15.3. The zero-order valence-corrected chi connectivity index (χ0v) is 26.2. The Labute approximate surface area is 275 Å². The number of anilines is 1. The third kappa shape index (κ3) is 8.52. The van der Waals surface area contributed by atoms with Crippen LogP contribution in [-0.4, -0.2) is 34.4 Å². The van der Waals surface area contributed by atoms with Crippen molar-refractivity contribution >= 4 is 44.5 Å². The lowest BCUT2D eigenvalue weighted by Crippen LogP contribution is -2.26. The lowest BCUT2D eigenvalue weighted by molar-refractivity contribution is -0.142. The highest BCUT2D eigenvalue weighted by molar-refractivity contribution is 7.22. The molecule has 1 aliphatic carbocycles. The molecule has 0 saturated heterocycles. The number of halogens is 6. The fourth-order valence-electron chi connectivity index (χ4n) is 5.86. The van der Waals surface area contributed by atoms with E-state index in [-0.39, 0.29) is 36.1 Å². The van der Waals surface area contributed by atoms with E-state index in [2.05, 4.69) is 15.6 Å². The van der Waals surface area contributed by atoms with Crippen LogP contribution in [0.3, 0.4) is 0 Å². The lowest BCUT2D eigenvalue weighted by atomic mass is 9.83. The van der Waals surface area contributed by atoms with Crippen LogP contribution in [0, 0.1) is 0 Å². The van der Waals surface area contributed by atoms with E-state index >= 15 is 0 Å². The van der Waals surface area contributed by atoms with Crippen molar-refractivity contribution in [3.8, 4) is 0 Å². The smallest absolute Gasteiger partial charge is 0.417 e. The monoisotopic (exact) mass is 691 g/mol. The first-order chi connectivity index (χ1) is 22.7. The largest absolute Gasteiger partial charge is 0.481 e. The molecule has 1 unspecified atom stereocenters. The van der Waals surface area contributed by atoms with Gasteiger partial charge in [-0.2, -0.15) is 26.3 Å². The Bertz CT molecular complexity index is 1780. The van der Waals surface area contributed by atoms with Gasteiger partial charge in [-0.05, 0) is 66.1 Å². The quantitative estimate of drug-likeness (QED) is 0.145. The van der Waals surface area contributed by atoms with Crippen molar-refractivity contribution in [1.82, 2.24) is 10.3 Å². The van der Waals surface area contributed by atoms with E-state index in [1.54, 1.807) is 12.1 Å². The Hall–Kier alpha value is -4.46. The molecule has 1 heterocycles. The number of carboxylic acids is 1. The van der Waals surface area contributed by atoms with Crippen LogP contribution >= 0.6 is 11.3 Å². The Kier molecular flexibility index (Phi) is 10.4. The average Bonchev–Trinajstić information content (AvgIpc) is 3.45. The number of aliphatic carboxylic acids is 1. The van der Waals surface area contributed by atoms with Crippen LogP contribution in [-0.2, 0) is 28.4 Å². The molecule has 0 spiro atoms. The predicted molar refractivity (Wildman–Crippen MR) is 168 cm³/mol. The fraction of sp³-hybridized carbons (Fsp3) is 0.353. The summed E-state index contributed by atoms with van der Waals surface area (Å²) in [7, 11) is 0. The van der Waals surface area contributed by atoms with Crippen molar-refractivity contribution in [2.45, 2.75) is 69.1 Å². The van der Waals surface area contributed by atoms with Gasteiger partial charge in [0.2, 0.25) is 5.91 Å². The number of rotatable bonds is 10. The number of hydrogen-bond acceptors (Lipinski definition) is 5. The summed E-state index contributed by atoms with van der Waals surface area (Å²) in [5.41, 5.74) is -0.862. The molecule has 1 aromatic heterocycles. The molecule has 1 aliphatic rings.